The summed E-state index contributed by atoms with van der Waals surface area (Å²) in [6.07, 6.45) is 3.63. The molecule has 1 aliphatic carbocycles. The SMILES string of the molecule is CC(C)c1ccc(OC2CC2)cc1NS(C)(=O)=O. The standard InChI is InChI=1S/C13H19NO3S/c1-9(2)12-7-6-11(17-10-4-5-10)8-13(12)14-18(3,15)16/h6-10,14H,4-5H2,1-3H3. The molecule has 1 saturated carbocycles. The van der Waals surface area contributed by atoms with Crippen molar-refractivity contribution in [1.82, 2.24) is 0 Å². The molecule has 0 heterocycles. The minimum absolute atomic E-state index is 0.254. The molecule has 1 aliphatic rings. The minimum atomic E-state index is -3.27. The van der Waals surface area contributed by atoms with Crippen molar-refractivity contribution in [3.8, 4) is 5.75 Å². The molecule has 1 N–H and O–H groups in total. The molecule has 1 aromatic rings. The highest BCUT2D eigenvalue weighted by molar-refractivity contribution is 7.92. The Labute approximate surface area is 108 Å². The van der Waals surface area contributed by atoms with Crippen LogP contribution in [0.3, 0.4) is 0 Å². The highest BCUT2D eigenvalue weighted by Crippen LogP contribution is 2.32. The first kappa shape index (κ1) is 13.2. The van der Waals surface area contributed by atoms with E-state index in [9.17, 15) is 8.42 Å². The molecule has 0 spiro atoms. The Kier molecular flexibility index (Phi) is 3.52. The van der Waals surface area contributed by atoms with Gasteiger partial charge < -0.3 is 4.74 Å². The molecule has 2 rings (SSSR count). The lowest BCUT2D eigenvalue weighted by molar-refractivity contribution is 0.303. The third kappa shape index (κ3) is 3.63. The second-order valence-electron chi connectivity index (χ2n) is 5.10. The van der Waals surface area contributed by atoms with Gasteiger partial charge in [-0.15, -0.1) is 0 Å². The summed E-state index contributed by atoms with van der Waals surface area (Å²) in [4.78, 5) is 0. The summed E-state index contributed by atoms with van der Waals surface area (Å²) in [7, 11) is -3.27. The van der Waals surface area contributed by atoms with Crippen LogP contribution in [0.4, 0.5) is 5.69 Å². The molecule has 0 aliphatic heterocycles. The van der Waals surface area contributed by atoms with Gasteiger partial charge in [0.15, 0.2) is 0 Å². The Bertz CT molecular complexity index is 533. The predicted molar refractivity (Wildman–Crippen MR) is 72.6 cm³/mol. The Hall–Kier alpha value is -1.23. The molecule has 0 radical (unpaired) electrons. The molecule has 0 bridgehead atoms. The summed E-state index contributed by atoms with van der Waals surface area (Å²) in [5.74, 6) is 0.984. The number of benzene rings is 1. The summed E-state index contributed by atoms with van der Waals surface area (Å²) in [5, 5.41) is 0. The molecule has 0 unspecified atom stereocenters. The van der Waals surface area contributed by atoms with Crippen LogP contribution in [0.15, 0.2) is 18.2 Å². The van der Waals surface area contributed by atoms with Crippen LogP contribution in [-0.4, -0.2) is 20.8 Å². The molecule has 100 valence electrons. The van der Waals surface area contributed by atoms with Gasteiger partial charge in [-0.25, -0.2) is 8.42 Å². The van der Waals surface area contributed by atoms with Gasteiger partial charge in [-0.05, 0) is 30.4 Å². The van der Waals surface area contributed by atoms with Crippen LogP contribution >= 0.6 is 0 Å². The molecular formula is C13H19NO3S. The summed E-state index contributed by atoms with van der Waals surface area (Å²) < 4.78 is 31.0. The van der Waals surface area contributed by atoms with E-state index in [1.807, 2.05) is 26.0 Å². The monoisotopic (exact) mass is 269 g/mol. The second kappa shape index (κ2) is 4.80. The fourth-order valence-electron chi connectivity index (χ4n) is 1.78. The maximum Gasteiger partial charge on any atom is 0.229 e. The van der Waals surface area contributed by atoms with Crippen LogP contribution in [0.5, 0.6) is 5.75 Å². The number of ether oxygens (including phenoxy) is 1. The van der Waals surface area contributed by atoms with Crippen molar-refractivity contribution in [2.45, 2.75) is 38.7 Å². The first-order valence-corrected chi connectivity index (χ1v) is 8.02. The molecule has 1 aromatic carbocycles. The highest BCUT2D eigenvalue weighted by atomic mass is 32.2. The average molecular weight is 269 g/mol. The molecule has 5 heteroatoms. The maximum atomic E-state index is 11.4. The zero-order valence-electron chi connectivity index (χ0n) is 10.9. The first-order chi connectivity index (χ1) is 8.35. The smallest absolute Gasteiger partial charge is 0.229 e. The number of nitrogens with one attached hydrogen (secondary N) is 1. The largest absolute Gasteiger partial charge is 0.490 e. The van der Waals surface area contributed by atoms with Gasteiger partial charge in [0.2, 0.25) is 10.0 Å². The van der Waals surface area contributed by atoms with Gasteiger partial charge in [0.05, 0.1) is 18.0 Å². The van der Waals surface area contributed by atoms with E-state index in [1.54, 1.807) is 6.07 Å². The van der Waals surface area contributed by atoms with Gasteiger partial charge >= 0.3 is 0 Å². The van der Waals surface area contributed by atoms with Crippen molar-refractivity contribution >= 4 is 15.7 Å². The highest BCUT2D eigenvalue weighted by Gasteiger charge is 2.24. The third-order valence-corrected chi connectivity index (χ3v) is 3.36. The van der Waals surface area contributed by atoms with E-state index in [4.69, 9.17) is 4.74 Å². The first-order valence-electron chi connectivity index (χ1n) is 6.13. The van der Waals surface area contributed by atoms with Gasteiger partial charge in [-0.1, -0.05) is 19.9 Å². The summed E-state index contributed by atoms with van der Waals surface area (Å²) in [6, 6.07) is 5.60. The second-order valence-corrected chi connectivity index (χ2v) is 6.84. The number of anilines is 1. The molecule has 18 heavy (non-hydrogen) atoms. The number of rotatable bonds is 5. The summed E-state index contributed by atoms with van der Waals surface area (Å²) in [6.45, 7) is 4.06. The molecule has 1 fully saturated rings. The zero-order chi connectivity index (χ0) is 13.3. The lowest BCUT2D eigenvalue weighted by Crippen LogP contribution is -2.12. The fraction of sp³-hybridized carbons (Fsp3) is 0.538. The van der Waals surface area contributed by atoms with Crippen molar-refractivity contribution in [2.24, 2.45) is 0 Å². The number of hydrogen-bond acceptors (Lipinski definition) is 3. The number of hydrogen-bond donors (Lipinski definition) is 1. The van der Waals surface area contributed by atoms with E-state index >= 15 is 0 Å². The zero-order valence-corrected chi connectivity index (χ0v) is 11.8. The number of sulfonamides is 1. The normalized spacial score (nSPS) is 15.8. The van der Waals surface area contributed by atoms with E-state index in [0.29, 0.717) is 11.8 Å². The van der Waals surface area contributed by atoms with E-state index in [1.165, 1.54) is 0 Å². The summed E-state index contributed by atoms with van der Waals surface area (Å²) >= 11 is 0. The van der Waals surface area contributed by atoms with Gasteiger partial charge in [-0.3, -0.25) is 4.72 Å². The Balaban J connectivity index is 2.30. The lowest BCUT2D eigenvalue weighted by atomic mass is 10.0. The third-order valence-electron chi connectivity index (χ3n) is 2.77. The van der Waals surface area contributed by atoms with Gasteiger partial charge in [0, 0.05) is 6.07 Å². The van der Waals surface area contributed by atoms with Crippen LogP contribution in [-0.2, 0) is 10.0 Å². The Morgan fingerprint density at radius 2 is 2.00 bits per heavy atom. The van der Waals surface area contributed by atoms with Crippen LogP contribution in [0.25, 0.3) is 0 Å². The quantitative estimate of drug-likeness (QED) is 0.894. The van der Waals surface area contributed by atoms with Crippen LogP contribution in [0.2, 0.25) is 0 Å². The topological polar surface area (TPSA) is 55.4 Å². The van der Waals surface area contributed by atoms with Gasteiger partial charge in [0.25, 0.3) is 0 Å². The lowest BCUT2D eigenvalue weighted by Gasteiger charge is -2.15. The van der Waals surface area contributed by atoms with Crippen molar-refractivity contribution in [3.05, 3.63) is 23.8 Å². The van der Waals surface area contributed by atoms with E-state index in [-0.39, 0.29) is 5.92 Å². The van der Waals surface area contributed by atoms with Crippen LogP contribution < -0.4 is 9.46 Å². The average Bonchev–Trinajstić information content (AvgIpc) is 2.98. The molecule has 0 aromatic heterocycles. The van der Waals surface area contributed by atoms with Crippen LogP contribution in [0.1, 0.15) is 38.2 Å². The Morgan fingerprint density at radius 3 is 2.50 bits per heavy atom. The molecule has 4 nitrogen and oxygen atoms in total. The van der Waals surface area contributed by atoms with Crippen molar-refractivity contribution in [3.63, 3.8) is 0 Å². The van der Waals surface area contributed by atoms with E-state index < -0.39 is 10.0 Å². The fourth-order valence-corrected chi connectivity index (χ4v) is 2.35. The van der Waals surface area contributed by atoms with Gasteiger partial charge in [-0.2, -0.15) is 0 Å². The minimum Gasteiger partial charge on any atom is -0.490 e. The Morgan fingerprint density at radius 1 is 1.33 bits per heavy atom. The molecule has 0 atom stereocenters. The maximum absolute atomic E-state index is 11.4. The van der Waals surface area contributed by atoms with E-state index in [0.717, 1.165) is 30.4 Å². The van der Waals surface area contributed by atoms with Crippen molar-refractivity contribution in [1.29, 1.82) is 0 Å². The van der Waals surface area contributed by atoms with E-state index in [2.05, 4.69) is 4.72 Å². The molecule has 0 saturated heterocycles. The van der Waals surface area contributed by atoms with Crippen LogP contribution in [0, 0.1) is 0 Å². The van der Waals surface area contributed by atoms with Crippen molar-refractivity contribution < 1.29 is 13.2 Å². The summed E-state index contributed by atoms with van der Waals surface area (Å²) in [5.41, 5.74) is 1.59. The van der Waals surface area contributed by atoms with Gasteiger partial charge in [0.1, 0.15) is 5.75 Å². The van der Waals surface area contributed by atoms with Crippen molar-refractivity contribution in [2.75, 3.05) is 11.0 Å². The molecule has 0 amide bonds. The molecular weight excluding hydrogens is 250 g/mol. The predicted octanol–water partition coefficient (Wildman–Crippen LogP) is 2.72.